The molecule has 1 atom stereocenters. The number of carbonyl (C=O) groups is 2. The van der Waals surface area contributed by atoms with Crippen molar-refractivity contribution in [1.82, 2.24) is 10.2 Å². The van der Waals surface area contributed by atoms with Crippen molar-refractivity contribution < 1.29 is 32.2 Å². The zero-order valence-corrected chi connectivity index (χ0v) is 21.7. The SMILES string of the molecule is CC1(C)Cc2c(ccc(F)c2COc2c(F)cc(CNC(=O)N3C(=O)CCC3Cc3ccccc3)cc2F)O1. The van der Waals surface area contributed by atoms with Crippen LogP contribution in [0.15, 0.2) is 54.6 Å². The Bertz CT molecular complexity index is 1390. The van der Waals surface area contributed by atoms with Crippen molar-refractivity contribution in [2.24, 2.45) is 0 Å². The molecular weight excluding hydrogens is 509 g/mol. The third kappa shape index (κ3) is 5.72. The number of likely N-dealkylation sites (tertiary alicyclic amines) is 1. The molecule has 3 aromatic rings. The summed E-state index contributed by atoms with van der Waals surface area (Å²) >= 11 is 0. The molecule has 2 aliphatic rings. The van der Waals surface area contributed by atoms with Gasteiger partial charge in [-0.25, -0.2) is 18.0 Å². The summed E-state index contributed by atoms with van der Waals surface area (Å²) in [6.07, 6.45) is 1.78. The quantitative estimate of drug-likeness (QED) is 0.411. The fourth-order valence-corrected chi connectivity index (χ4v) is 5.21. The minimum Gasteiger partial charge on any atom is -0.487 e. The number of carbonyl (C=O) groups excluding carboxylic acids is 2. The van der Waals surface area contributed by atoms with Crippen LogP contribution in [0, 0.1) is 17.5 Å². The predicted octanol–water partition coefficient (Wildman–Crippen LogP) is 5.84. The molecule has 2 aliphatic heterocycles. The van der Waals surface area contributed by atoms with Gasteiger partial charge in [0.25, 0.3) is 0 Å². The first kappa shape index (κ1) is 26.6. The highest BCUT2D eigenvalue weighted by Crippen LogP contribution is 2.38. The Hall–Kier alpha value is -4.01. The Labute approximate surface area is 224 Å². The molecule has 1 fully saturated rings. The van der Waals surface area contributed by atoms with E-state index in [1.807, 2.05) is 44.2 Å². The minimum atomic E-state index is -0.983. The molecule has 0 radical (unpaired) electrons. The van der Waals surface area contributed by atoms with Gasteiger partial charge in [-0.1, -0.05) is 30.3 Å². The van der Waals surface area contributed by atoms with Crippen molar-refractivity contribution in [3.63, 3.8) is 0 Å². The lowest BCUT2D eigenvalue weighted by Gasteiger charge is -2.23. The van der Waals surface area contributed by atoms with E-state index >= 15 is 0 Å². The highest BCUT2D eigenvalue weighted by atomic mass is 19.1. The lowest BCUT2D eigenvalue weighted by molar-refractivity contribution is -0.126. The van der Waals surface area contributed by atoms with Gasteiger partial charge >= 0.3 is 6.03 Å². The molecule has 0 spiro atoms. The topological polar surface area (TPSA) is 67.9 Å². The summed E-state index contributed by atoms with van der Waals surface area (Å²) in [5.74, 6) is -2.92. The van der Waals surface area contributed by atoms with Gasteiger partial charge in [-0.05, 0) is 62.1 Å². The Morgan fingerprint density at radius 2 is 1.77 bits per heavy atom. The number of rotatable bonds is 7. The molecule has 2 heterocycles. The van der Waals surface area contributed by atoms with Crippen LogP contribution >= 0.6 is 0 Å². The van der Waals surface area contributed by atoms with Crippen molar-refractivity contribution >= 4 is 11.9 Å². The third-order valence-electron chi connectivity index (χ3n) is 7.04. The number of hydrogen-bond donors (Lipinski definition) is 1. The van der Waals surface area contributed by atoms with Crippen molar-refractivity contribution in [3.8, 4) is 11.5 Å². The molecule has 9 heteroatoms. The van der Waals surface area contributed by atoms with E-state index in [4.69, 9.17) is 9.47 Å². The molecule has 6 nitrogen and oxygen atoms in total. The van der Waals surface area contributed by atoms with Crippen molar-refractivity contribution in [2.75, 3.05) is 0 Å². The van der Waals surface area contributed by atoms with E-state index in [9.17, 15) is 22.8 Å². The number of amides is 3. The highest BCUT2D eigenvalue weighted by molar-refractivity contribution is 5.96. The van der Waals surface area contributed by atoms with Crippen LogP contribution < -0.4 is 14.8 Å². The predicted molar refractivity (Wildman–Crippen MR) is 138 cm³/mol. The maximum absolute atomic E-state index is 14.8. The minimum absolute atomic E-state index is 0.152. The van der Waals surface area contributed by atoms with E-state index in [0.29, 0.717) is 30.6 Å². The molecule has 3 amide bonds. The second-order valence-corrected chi connectivity index (χ2v) is 10.5. The van der Waals surface area contributed by atoms with E-state index < -0.39 is 34.8 Å². The van der Waals surface area contributed by atoms with Crippen molar-refractivity contribution in [3.05, 3.63) is 94.3 Å². The molecule has 5 rings (SSSR count). The number of halogens is 3. The van der Waals surface area contributed by atoms with E-state index in [-0.39, 0.29) is 42.6 Å². The third-order valence-corrected chi connectivity index (χ3v) is 7.04. The summed E-state index contributed by atoms with van der Waals surface area (Å²) in [5, 5.41) is 2.59. The number of hydrogen-bond acceptors (Lipinski definition) is 4. The summed E-state index contributed by atoms with van der Waals surface area (Å²) in [6.45, 7) is 3.17. The van der Waals surface area contributed by atoms with Crippen LogP contribution in [0.5, 0.6) is 11.5 Å². The van der Waals surface area contributed by atoms with Gasteiger partial charge in [0, 0.05) is 36.6 Å². The number of imide groups is 1. The van der Waals surface area contributed by atoms with E-state index in [1.54, 1.807) is 0 Å². The molecule has 39 heavy (non-hydrogen) atoms. The largest absolute Gasteiger partial charge is 0.487 e. The molecule has 1 unspecified atom stereocenters. The Kier molecular flexibility index (Phi) is 7.25. The average Bonchev–Trinajstić information content (AvgIpc) is 3.41. The number of fused-ring (bicyclic) bond motifs is 1. The van der Waals surface area contributed by atoms with E-state index in [1.165, 1.54) is 17.0 Å². The maximum atomic E-state index is 14.8. The first-order chi connectivity index (χ1) is 18.6. The highest BCUT2D eigenvalue weighted by Gasteiger charge is 2.36. The van der Waals surface area contributed by atoms with Crippen LogP contribution in [0.3, 0.4) is 0 Å². The average molecular weight is 539 g/mol. The van der Waals surface area contributed by atoms with Crippen molar-refractivity contribution in [1.29, 1.82) is 0 Å². The molecule has 0 bridgehead atoms. The van der Waals surface area contributed by atoms with Crippen LogP contribution in [0.25, 0.3) is 0 Å². The lowest BCUT2D eigenvalue weighted by atomic mass is 9.97. The van der Waals surface area contributed by atoms with E-state index in [2.05, 4.69) is 5.32 Å². The standard InChI is InChI=1S/C30H29F3N2O4/c1-30(2)15-21-22(23(31)9-10-26(21)39-30)17-38-28-24(32)13-19(14-25(28)33)16-34-29(37)35-20(8-11-27(35)36)12-18-6-4-3-5-7-18/h3-7,9-10,13-14,20H,8,11-12,15-17H2,1-2H3,(H,34,37). The molecule has 3 aromatic carbocycles. The smallest absolute Gasteiger partial charge is 0.324 e. The van der Waals surface area contributed by atoms with E-state index in [0.717, 1.165) is 17.7 Å². The number of nitrogens with zero attached hydrogens (tertiary/aromatic N) is 1. The second kappa shape index (κ2) is 10.6. The molecule has 0 aliphatic carbocycles. The summed E-state index contributed by atoms with van der Waals surface area (Å²) in [4.78, 5) is 26.4. The molecule has 1 N–H and O–H groups in total. The second-order valence-electron chi connectivity index (χ2n) is 10.5. The van der Waals surface area contributed by atoms with Gasteiger partial charge in [-0.15, -0.1) is 0 Å². The number of urea groups is 1. The fraction of sp³-hybridized carbons (Fsp3) is 0.333. The van der Waals surface area contributed by atoms with Crippen LogP contribution in [0.1, 0.15) is 48.9 Å². The van der Waals surface area contributed by atoms with Gasteiger partial charge < -0.3 is 14.8 Å². The van der Waals surface area contributed by atoms with Crippen LogP contribution in [-0.2, 0) is 30.8 Å². The van der Waals surface area contributed by atoms with Gasteiger partial charge in [0.1, 0.15) is 23.8 Å². The molecule has 204 valence electrons. The maximum Gasteiger partial charge on any atom is 0.324 e. The number of benzene rings is 3. The summed E-state index contributed by atoms with van der Waals surface area (Å²) in [5.41, 5.74) is 1.44. The Balaban J connectivity index is 1.23. The van der Waals surface area contributed by atoms with Crippen LogP contribution in [0.4, 0.5) is 18.0 Å². The molecule has 0 aromatic heterocycles. The van der Waals surface area contributed by atoms with Crippen molar-refractivity contribution in [2.45, 2.75) is 64.3 Å². The zero-order valence-electron chi connectivity index (χ0n) is 21.7. The first-order valence-corrected chi connectivity index (χ1v) is 12.8. The lowest BCUT2D eigenvalue weighted by Crippen LogP contribution is -2.45. The summed E-state index contributed by atoms with van der Waals surface area (Å²) in [7, 11) is 0. The normalized spacial score (nSPS) is 17.6. The zero-order chi connectivity index (χ0) is 27.7. The summed E-state index contributed by atoms with van der Waals surface area (Å²) in [6, 6.07) is 13.5. The molecule has 0 saturated carbocycles. The summed E-state index contributed by atoms with van der Waals surface area (Å²) < 4.78 is 55.4. The fourth-order valence-electron chi connectivity index (χ4n) is 5.21. The van der Waals surface area contributed by atoms with Gasteiger partial charge in [0.05, 0.1) is 0 Å². The van der Waals surface area contributed by atoms with Crippen LogP contribution in [-0.4, -0.2) is 28.5 Å². The number of ether oxygens (including phenoxy) is 2. The monoisotopic (exact) mass is 538 g/mol. The van der Waals surface area contributed by atoms with Gasteiger partial charge in [-0.2, -0.15) is 0 Å². The Morgan fingerprint density at radius 3 is 2.49 bits per heavy atom. The van der Waals surface area contributed by atoms with Gasteiger partial charge in [-0.3, -0.25) is 9.69 Å². The van der Waals surface area contributed by atoms with Gasteiger partial charge in [0.15, 0.2) is 17.4 Å². The Morgan fingerprint density at radius 1 is 1.05 bits per heavy atom. The van der Waals surface area contributed by atoms with Gasteiger partial charge in [0.2, 0.25) is 5.91 Å². The number of nitrogens with one attached hydrogen (secondary N) is 1. The van der Waals surface area contributed by atoms with Crippen LogP contribution in [0.2, 0.25) is 0 Å². The first-order valence-electron chi connectivity index (χ1n) is 12.8. The molecule has 1 saturated heterocycles. The molecular formula is C30H29F3N2O4.